The van der Waals surface area contributed by atoms with E-state index in [2.05, 4.69) is 4.72 Å². The zero-order valence-corrected chi connectivity index (χ0v) is 14.6. The van der Waals surface area contributed by atoms with Crippen LogP contribution in [0.1, 0.15) is 12.5 Å². The Bertz CT molecular complexity index is 791. The van der Waals surface area contributed by atoms with Crippen LogP contribution in [-0.2, 0) is 10.0 Å². The van der Waals surface area contributed by atoms with Gasteiger partial charge in [-0.25, -0.2) is 17.5 Å². The van der Waals surface area contributed by atoms with Gasteiger partial charge in [0.1, 0.15) is 23.9 Å². The number of nitrogens with one attached hydrogen (secondary N) is 1. The highest BCUT2D eigenvalue weighted by Gasteiger charge is 2.20. The maximum absolute atomic E-state index is 13.1. The molecule has 2 aromatic rings. The third kappa shape index (κ3) is 4.69. The molecular weight excluding hydrogens is 333 g/mol. The number of hydrogen-bond acceptors (Lipinski definition) is 4. The van der Waals surface area contributed by atoms with Crippen LogP contribution >= 0.6 is 0 Å². The van der Waals surface area contributed by atoms with Crippen molar-refractivity contribution in [3.8, 4) is 11.5 Å². The van der Waals surface area contributed by atoms with E-state index in [0.717, 1.165) is 6.07 Å². The summed E-state index contributed by atoms with van der Waals surface area (Å²) in [5, 5.41) is 0. The number of hydrogen-bond donors (Lipinski definition) is 1. The predicted octanol–water partition coefficient (Wildman–Crippen LogP) is 2.89. The van der Waals surface area contributed by atoms with E-state index in [-0.39, 0.29) is 11.5 Å². The predicted molar refractivity (Wildman–Crippen MR) is 89.4 cm³/mol. The molecule has 2 aromatic carbocycles. The van der Waals surface area contributed by atoms with E-state index in [1.807, 2.05) is 0 Å². The SMILES string of the molecule is COc1ccc(OC[C@@H](C)NS(=O)(=O)c2ccc(F)cc2C)cc1. The quantitative estimate of drug-likeness (QED) is 0.831. The van der Waals surface area contributed by atoms with Gasteiger partial charge < -0.3 is 9.47 Å². The molecule has 1 atom stereocenters. The molecule has 0 amide bonds. The number of ether oxygens (including phenoxy) is 2. The Hall–Kier alpha value is -2.12. The van der Waals surface area contributed by atoms with E-state index >= 15 is 0 Å². The molecule has 0 aromatic heterocycles. The highest BCUT2D eigenvalue weighted by molar-refractivity contribution is 7.89. The number of rotatable bonds is 7. The van der Waals surface area contributed by atoms with E-state index < -0.39 is 21.9 Å². The number of sulfonamides is 1. The molecule has 0 unspecified atom stereocenters. The van der Waals surface area contributed by atoms with Crippen LogP contribution in [0.4, 0.5) is 4.39 Å². The lowest BCUT2D eigenvalue weighted by Crippen LogP contribution is -2.37. The minimum absolute atomic E-state index is 0.0557. The van der Waals surface area contributed by atoms with Crippen LogP contribution in [0.5, 0.6) is 11.5 Å². The maximum atomic E-state index is 13.1. The van der Waals surface area contributed by atoms with Gasteiger partial charge in [0.15, 0.2) is 0 Å². The Labute approximate surface area is 141 Å². The minimum atomic E-state index is -3.74. The molecule has 0 spiro atoms. The molecule has 24 heavy (non-hydrogen) atoms. The van der Waals surface area contributed by atoms with Crippen molar-refractivity contribution in [1.82, 2.24) is 4.72 Å². The standard InChI is InChI=1S/C17H20FNO4S/c1-12-10-14(18)4-9-17(12)24(20,21)19-13(2)11-23-16-7-5-15(22-3)6-8-16/h4-10,13,19H,11H2,1-3H3/t13-/m1/s1. The van der Waals surface area contributed by atoms with Gasteiger partial charge in [-0.1, -0.05) is 0 Å². The van der Waals surface area contributed by atoms with E-state index in [9.17, 15) is 12.8 Å². The Morgan fingerprint density at radius 3 is 2.33 bits per heavy atom. The van der Waals surface area contributed by atoms with Crippen molar-refractivity contribution in [3.05, 3.63) is 53.8 Å². The summed E-state index contributed by atoms with van der Waals surface area (Å²) < 4.78 is 51.0. The molecule has 0 fully saturated rings. The summed E-state index contributed by atoms with van der Waals surface area (Å²) in [7, 11) is -2.17. The van der Waals surface area contributed by atoms with Gasteiger partial charge in [-0.15, -0.1) is 0 Å². The Morgan fingerprint density at radius 2 is 1.75 bits per heavy atom. The fourth-order valence-electron chi connectivity index (χ4n) is 2.17. The minimum Gasteiger partial charge on any atom is -0.497 e. The summed E-state index contributed by atoms with van der Waals surface area (Å²) in [4.78, 5) is 0.0557. The monoisotopic (exact) mass is 353 g/mol. The zero-order valence-electron chi connectivity index (χ0n) is 13.7. The summed E-state index contributed by atoms with van der Waals surface area (Å²) in [6.07, 6.45) is 0. The molecule has 0 bridgehead atoms. The summed E-state index contributed by atoms with van der Waals surface area (Å²) in [5.74, 6) is 0.852. The highest BCUT2D eigenvalue weighted by atomic mass is 32.2. The van der Waals surface area contributed by atoms with Crippen molar-refractivity contribution in [1.29, 1.82) is 0 Å². The van der Waals surface area contributed by atoms with Crippen molar-refractivity contribution >= 4 is 10.0 Å². The third-order valence-corrected chi connectivity index (χ3v) is 5.09. The average Bonchev–Trinajstić information content (AvgIpc) is 2.52. The lowest BCUT2D eigenvalue weighted by atomic mass is 10.2. The average molecular weight is 353 g/mol. The molecule has 0 aliphatic carbocycles. The summed E-state index contributed by atoms with van der Waals surface area (Å²) in [6.45, 7) is 3.40. The summed E-state index contributed by atoms with van der Waals surface area (Å²) >= 11 is 0. The van der Waals surface area contributed by atoms with Crippen LogP contribution in [0.3, 0.4) is 0 Å². The molecule has 0 aliphatic heterocycles. The maximum Gasteiger partial charge on any atom is 0.241 e. The van der Waals surface area contributed by atoms with Crippen molar-refractivity contribution in [3.63, 3.8) is 0 Å². The van der Waals surface area contributed by atoms with Gasteiger partial charge in [-0.2, -0.15) is 0 Å². The van der Waals surface area contributed by atoms with E-state index in [1.54, 1.807) is 45.2 Å². The van der Waals surface area contributed by atoms with Crippen molar-refractivity contribution in [2.24, 2.45) is 0 Å². The van der Waals surface area contributed by atoms with Crippen molar-refractivity contribution < 1.29 is 22.3 Å². The lowest BCUT2D eigenvalue weighted by molar-refractivity contribution is 0.287. The van der Waals surface area contributed by atoms with Gasteiger partial charge in [0.05, 0.1) is 18.0 Å². The zero-order chi connectivity index (χ0) is 17.7. The number of benzene rings is 2. The first-order chi connectivity index (χ1) is 11.3. The molecule has 2 rings (SSSR count). The molecule has 7 heteroatoms. The van der Waals surface area contributed by atoms with Crippen LogP contribution < -0.4 is 14.2 Å². The normalized spacial score (nSPS) is 12.7. The highest BCUT2D eigenvalue weighted by Crippen LogP contribution is 2.18. The van der Waals surface area contributed by atoms with Crippen LogP contribution in [0.25, 0.3) is 0 Å². The van der Waals surface area contributed by atoms with Gasteiger partial charge in [-0.3, -0.25) is 0 Å². The number of methoxy groups -OCH3 is 1. The van der Waals surface area contributed by atoms with E-state index in [4.69, 9.17) is 9.47 Å². The second kappa shape index (κ2) is 7.63. The van der Waals surface area contributed by atoms with Gasteiger partial charge in [0.25, 0.3) is 0 Å². The van der Waals surface area contributed by atoms with Crippen LogP contribution in [0, 0.1) is 12.7 Å². The Balaban J connectivity index is 1.98. The van der Waals surface area contributed by atoms with Crippen LogP contribution in [-0.4, -0.2) is 28.2 Å². The Morgan fingerprint density at radius 1 is 1.12 bits per heavy atom. The molecule has 0 aliphatic rings. The van der Waals surface area contributed by atoms with Gasteiger partial charge >= 0.3 is 0 Å². The molecule has 5 nitrogen and oxygen atoms in total. The molecular formula is C17H20FNO4S. The van der Waals surface area contributed by atoms with Crippen molar-refractivity contribution in [2.75, 3.05) is 13.7 Å². The lowest BCUT2D eigenvalue weighted by Gasteiger charge is -2.16. The number of aryl methyl sites for hydroxylation is 1. The molecule has 0 heterocycles. The van der Waals surface area contributed by atoms with E-state index in [0.29, 0.717) is 17.1 Å². The second-order valence-corrected chi connectivity index (χ2v) is 7.10. The largest absolute Gasteiger partial charge is 0.497 e. The Kier molecular flexibility index (Phi) is 5.80. The summed E-state index contributed by atoms with van der Waals surface area (Å²) in [6, 6.07) is 10.1. The third-order valence-electron chi connectivity index (χ3n) is 3.34. The molecule has 0 saturated heterocycles. The van der Waals surface area contributed by atoms with Crippen LogP contribution in [0.2, 0.25) is 0 Å². The van der Waals surface area contributed by atoms with Gasteiger partial charge in [0, 0.05) is 0 Å². The molecule has 0 radical (unpaired) electrons. The van der Waals surface area contributed by atoms with Gasteiger partial charge in [0.2, 0.25) is 10.0 Å². The first kappa shape index (κ1) is 18.2. The summed E-state index contributed by atoms with van der Waals surface area (Å²) in [5.41, 5.74) is 0.353. The smallest absolute Gasteiger partial charge is 0.241 e. The first-order valence-electron chi connectivity index (χ1n) is 7.37. The van der Waals surface area contributed by atoms with Gasteiger partial charge in [-0.05, 0) is 61.9 Å². The fraction of sp³-hybridized carbons (Fsp3) is 0.294. The topological polar surface area (TPSA) is 64.6 Å². The molecule has 0 saturated carbocycles. The first-order valence-corrected chi connectivity index (χ1v) is 8.85. The fourth-order valence-corrected chi connectivity index (χ4v) is 3.62. The number of halogens is 1. The molecule has 130 valence electrons. The molecule has 1 N–H and O–H groups in total. The second-order valence-electron chi connectivity index (χ2n) is 5.42. The van der Waals surface area contributed by atoms with Crippen molar-refractivity contribution in [2.45, 2.75) is 24.8 Å². The van der Waals surface area contributed by atoms with E-state index in [1.165, 1.54) is 12.1 Å². The van der Waals surface area contributed by atoms with Crippen LogP contribution in [0.15, 0.2) is 47.4 Å².